The lowest BCUT2D eigenvalue weighted by Crippen LogP contribution is -2.68. The molecule has 4 saturated carbocycles. The molecule has 3 heterocycles. The molecule has 8 aliphatic rings. The highest BCUT2D eigenvalue weighted by Gasteiger charge is 2.73. The Balaban J connectivity index is 1.08. The Morgan fingerprint density at radius 3 is 1.95 bits per heavy atom. The lowest BCUT2D eigenvalue weighted by molar-refractivity contribution is -0.371. The largest absolute Gasteiger partial charge is 0.467 e. The van der Waals surface area contributed by atoms with E-state index in [1.54, 1.807) is 0 Å². The van der Waals surface area contributed by atoms with Crippen LogP contribution in [0.4, 0.5) is 0 Å². The maximum atomic E-state index is 15.0. The fraction of sp³-hybridized carbons (Fsp3) is 0.864. The quantitative estimate of drug-likeness (QED) is 0.146. The van der Waals surface area contributed by atoms with E-state index in [1.165, 1.54) is 5.57 Å². The molecule has 0 amide bonds. The zero-order chi connectivity index (χ0) is 43.9. The lowest BCUT2D eigenvalue weighted by atomic mass is 9.33. The molecule has 0 radical (unpaired) electrons. The molecule has 60 heavy (non-hydrogen) atoms. The number of fused-ring (bicyclic) bond motifs is 10. The van der Waals surface area contributed by atoms with Gasteiger partial charge in [-0.25, -0.2) is 9.59 Å². The van der Waals surface area contributed by atoms with Crippen LogP contribution in [0.3, 0.4) is 0 Å². The minimum atomic E-state index is -1.93. The van der Waals surface area contributed by atoms with E-state index in [1.807, 2.05) is 13.0 Å². The van der Waals surface area contributed by atoms with Crippen LogP contribution in [0.25, 0.3) is 0 Å². The summed E-state index contributed by atoms with van der Waals surface area (Å²) in [6.45, 7) is 15.3. The smallest absolute Gasteiger partial charge is 0.337 e. The summed E-state index contributed by atoms with van der Waals surface area (Å²) in [5.74, 6) is -2.32. The average molecular weight is 849 g/mol. The Morgan fingerprint density at radius 2 is 1.32 bits per heavy atom. The highest BCUT2D eigenvalue weighted by Crippen LogP contribution is 2.76. The van der Waals surface area contributed by atoms with Gasteiger partial charge in [0.2, 0.25) is 0 Å². The van der Waals surface area contributed by atoms with E-state index in [4.69, 9.17) is 28.4 Å². The van der Waals surface area contributed by atoms with Crippen molar-refractivity contribution in [2.45, 2.75) is 173 Å². The zero-order valence-electron chi connectivity index (χ0n) is 36.1. The molecule has 5 N–H and O–H groups in total. The van der Waals surface area contributed by atoms with E-state index in [0.29, 0.717) is 19.3 Å². The maximum Gasteiger partial charge on any atom is 0.337 e. The molecule has 0 unspecified atom stereocenters. The van der Waals surface area contributed by atoms with Crippen LogP contribution in [-0.2, 0) is 52.3 Å². The summed E-state index contributed by atoms with van der Waals surface area (Å²) in [6, 6.07) is 0. The Bertz CT molecular complexity index is 1820. The Hall–Kier alpha value is -2.54. The highest BCUT2D eigenvalue weighted by molar-refractivity contribution is 5.96. The number of esters is 3. The molecule has 3 saturated heterocycles. The number of aliphatic hydroxyl groups is 5. The first-order chi connectivity index (χ1) is 27.9. The van der Waals surface area contributed by atoms with Crippen LogP contribution in [0.5, 0.6) is 0 Å². The first-order valence-corrected chi connectivity index (χ1v) is 21.6. The molecule has 0 aromatic carbocycles. The number of carbonyl (C=O) groups excluding carboxylic acids is 4. The van der Waals surface area contributed by atoms with E-state index >= 15 is 0 Å². The lowest BCUT2D eigenvalue weighted by Gasteiger charge is -2.70. The second kappa shape index (κ2) is 14.5. The first-order valence-electron chi connectivity index (χ1n) is 21.6. The predicted octanol–water partition coefficient (Wildman–Crippen LogP) is 1.87. The van der Waals surface area contributed by atoms with Gasteiger partial charge in [0.1, 0.15) is 42.7 Å². The van der Waals surface area contributed by atoms with Crippen molar-refractivity contribution in [3.8, 4) is 0 Å². The van der Waals surface area contributed by atoms with Crippen molar-refractivity contribution in [1.29, 1.82) is 0 Å². The normalized spacial score (nSPS) is 53.0. The van der Waals surface area contributed by atoms with Crippen molar-refractivity contribution >= 4 is 23.7 Å². The van der Waals surface area contributed by atoms with E-state index in [-0.39, 0.29) is 51.9 Å². The van der Waals surface area contributed by atoms with Gasteiger partial charge in [-0.05, 0) is 91.4 Å². The molecular weight excluding hydrogens is 784 g/mol. The van der Waals surface area contributed by atoms with E-state index < -0.39 is 95.7 Å². The molecule has 20 atom stereocenters. The van der Waals surface area contributed by atoms with Crippen molar-refractivity contribution in [1.82, 2.24) is 0 Å². The Morgan fingerprint density at radius 1 is 0.700 bits per heavy atom. The topological polar surface area (TPSA) is 234 Å². The average Bonchev–Trinajstić information content (AvgIpc) is 3.46. The first kappa shape index (κ1) is 44.1. The van der Waals surface area contributed by atoms with Crippen LogP contribution < -0.4 is 0 Å². The van der Waals surface area contributed by atoms with Gasteiger partial charge in [-0.15, -0.1) is 0 Å². The van der Waals surface area contributed by atoms with Gasteiger partial charge in [-0.3, -0.25) is 9.59 Å². The van der Waals surface area contributed by atoms with Gasteiger partial charge < -0.3 is 58.7 Å². The number of ether oxygens (including phenoxy) is 7. The van der Waals surface area contributed by atoms with Crippen LogP contribution in [0.2, 0.25) is 0 Å². The summed E-state index contributed by atoms with van der Waals surface area (Å²) >= 11 is 0. The van der Waals surface area contributed by atoms with E-state index in [0.717, 1.165) is 46.3 Å². The third-order valence-electron chi connectivity index (χ3n) is 17.9. The zero-order valence-corrected chi connectivity index (χ0v) is 36.1. The van der Waals surface area contributed by atoms with Crippen LogP contribution in [-0.4, -0.2) is 137 Å². The van der Waals surface area contributed by atoms with Crippen molar-refractivity contribution in [2.75, 3.05) is 14.2 Å². The number of hydrogen-bond donors (Lipinski definition) is 5. The van der Waals surface area contributed by atoms with Gasteiger partial charge in [-0.2, -0.15) is 0 Å². The monoisotopic (exact) mass is 848 g/mol. The van der Waals surface area contributed by atoms with Crippen LogP contribution in [0.1, 0.15) is 99.8 Å². The van der Waals surface area contributed by atoms with Gasteiger partial charge >= 0.3 is 17.9 Å². The Kier molecular flexibility index (Phi) is 10.6. The number of ketones is 1. The summed E-state index contributed by atoms with van der Waals surface area (Å²) in [7, 11) is 2.15. The molecule has 0 aromatic heterocycles. The van der Waals surface area contributed by atoms with Crippen LogP contribution in [0, 0.1) is 50.2 Å². The fourth-order valence-electron chi connectivity index (χ4n) is 14.1. The molecule has 16 heteroatoms. The third-order valence-corrected chi connectivity index (χ3v) is 17.9. The highest BCUT2D eigenvalue weighted by atomic mass is 16.8. The van der Waals surface area contributed by atoms with Crippen molar-refractivity contribution in [2.24, 2.45) is 50.2 Å². The third kappa shape index (κ3) is 6.01. The van der Waals surface area contributed by atoms with E-state index in [2.05, 4.69) is 46.3 Å². The fourth-order valence-corrected chi connectivity index (χ4v) is 14.1. The number of methoxy groups -OCH3 is 2. The summed E-state index contributed by atoms with van der Waals surface area (Å²) < 4.78 is 39.8. The summed E-state index contributed by atoms with van der Waals surface area (Å²) in [6.07, 6.45) is -11.1. The molecular formula is C44H64O16. The second-order valence-corrected chi connectivity index (χ2v) is 21.1. The van der Waals surface area contributed by atoms with Gasteiger partial charge in [0.25, 0.3) is 0 Å². The van der Waals surface area contributed by atoms with E-state index in [9.17, 15) is 44.7 Å². The Labute approximate surface area is 350 Å². The number of aliphatic hydroxyl groups excluding tert-OH is 5. The number of carbonyl (C=O) groups is 4. The van der Waals surface area contributed by atoms with Crippen molar-refractivity contribution in [3.63, 3.8) is 0 Å². The molecule has 336 valence electrons. The number of rotatable bonds is 6. The SMILES string of the molecule is COC(=O)[C@H]1O[C@@H](O[C@H]2[C@H](O[C@H]3CC[C@]4(C)[C@H]5C(=O)C=C6[C@@H]7C[C@]8(C)C[C@@H](OC8=O)[C@]7(C)CC[C@@]6(C)[C@]5(C)CC[C@H]4C3(C)C)O[C@H](C(=O)OC)[C@@H](O)[C@@H]2O)[C@H](O)[C@@H](O)[C@@H]1O. The summed E-state index contributed by atoms with van der Waals surface area (Å²) in [5.41, 5.74) is -1.34. The van der Waals surface area contributed by atoms with Gasteiger partial charge in [0.05, 0.1) is 25.7 Å². The molecule has 2 bridgehead atoms. The van der Waals surface area contributed by atoms with Crippen LogP contribution >= 0.6 is 0 Å². The molecule has 8 rings (SSSR count). The summed E-state index contributed by atoms with van der Waals surface area (Å²) in [4.78, 5) is 53.3. The number of hydrogen-bond acceptors (Lipinski definition) is 16. The predicted molar refractivity (Wildman–Crippen MR) is 206 cm³/mol. The minimum absolute atomic E-state index is 0.0375. The molecule has 0 aromatic rings. The van der Waals surface area contributed by atoms with Gasteiger partial charge in [0, 0.05) is 17.8 Å². The minimum Gasteiger partial charge on any atom is -0.467 e. The van der Waals surface area contributed by atoms with Crippen molar-refractivity contribution in [3.05, 3.63) is 11.6 Å². The second-order valence-electron chi connectivity index (χ2n) is 21.1. The molecule has 16 nitrogen and oxygen atoms in total. The van der Waals surface area contributed by atoms with Gasteiger partial charge in [0.15, 0.2) is 30.6 Å². The number of allylic oxidation sites excluding steroid dienone is 2. The summed E-state index contributed by atoms with van der Waals surface area (Å²) in [5, 5.41) is 54.4. The molecule has 3 aliphatic heterocycles. The maximum absolute atomic E-state index is 15.0. The standard InChI is InChI=1S/C44H64O16/c1-39(2)22-10-13-44(7)33(21(45)16-19-20-17-40(3)18-24(57-38(40)53)41(20,4)14-15-43(19,44)6)42(22,5)12-11-23(39)56-37-32(28(49)27(48)31(59-37)35(52)55-9)60-36-29(50)25(46)26(47)30(58-36)34(51)54-8/h16,20,22-33,36-37,46-50H,10-15,17-18H2,1-9H3/t20-,22-,23-,24+,25-,26-,27-,28-,29+,30-,31-,32+,33+,36-,37+,40+,41+,42-,43+,44+/m0/s1. The molecule has 5 aliphatic carbocycles. The van der Waals surface area contributed by atoms with Crippen LogP contribution in [0.15, 0.2) is 11.6 Å². The van der Waals surface area contributed by atoms with Gasteiger partial charge in [-0.1, -0.05) is 47.1 Å². The molecule has 7 fully saturated rings. The van der Waals surface area contributed by atoms with Crippen molar-refractivity contribution < 1.29 is 77.9 Å². The molecule has 0 spiro atoms.